The van der Waals surface area contributed by atoms with Crippen LogP contribution >= 0.6 is 15.9 Å². The first-order chi connectivity index (χ1) is 9.90. The maximum atomic E-state index is 12.4. The van der Waals surface area contributed by atoms with Gasteiger partial charge in [-0.25, -0.2) is 0 Å². The maximum Gasteiger partial charge on any atom is 0.252 e. The van der Waals surface area contributed by atoms with Gasteiger partial charge in [-0.3, -0.25) is 4.79 Å². The first-order valence-electron chi connectivity index (χ1n) is 7.03. The molecule has 3 heteroatoms. The Bertz CT molecular complexity index is 679. The lowest BCUT2D eigenvalue weighted by Gasteiger charge is -2.19. The van der Waals surface area contributed by atoms with Crippen molar-refractivity contribution in [1.82, 2.24) is 5.32 Å². The Balaban J connectivity index is 2.22. The normalized spacial score (nSPS) is 12.0. The molecule has 2 nitrogen and oxygen atoms in total. The van der Waals surface area contributed by atoms with Crippen molar-refractivity contribution >= 4 is 21.8 Å². The molecule has 110 valence electrons. The highest BCUT2D eigenvalue weighted by Crippen LogP contribution is 2.23. The van der Waals surface area contributed by atoms with E-state index in [0.29, 0.717) is 5.56 Å². The largest absolute Gasteiger partial charge is 0.345 e. The maximum absolute atomic E-state index is 12.4. The van der Waals surface area contributed by atoms with Crippen LogP contribution in [-0.4, -0.2) is 5.91 Å². The van der Waals surface area contributed by atoms with Crippen LogP contribution < -0.4 is 5.32 Å². The molecule has 0 radical (unpaired) electrons. The van der Waals surface area contributed by atoms with Crippen LogP contribution in [0.2, 0.25) is 0 Å². The van der Waals surface area contributed by atoms with Gasteiger partial charge in [0.25, 0.3) is 5.91 Å². The zero-order valence-corrected chi connectivity index (χ0v) is 14.4. The molecule has 0 fully saturated rings. The zero-order chi connectivity index (χ0) is 15.6. The second-order valence-electron chi connectivity index (χ2n) is 5.47. The predicted octanol–water partition coefficient (Wildman–Crippen LogP) is 4.87. The Labute approximate surface area is 134 Å². The summed E-state index contributed by atoms with van der Waals surface area (Å²) in [5, 5.41) is 3.07. The SMILES string of the molecule is Cc1cc(C)c(C(C)NC(=O)c2ccccc2Br)cc1C. The van der Waals surface area contributed by atoms with Gasteiger partial charge in [0, 0.05) is 4.47 Å². The number of hydrogen-bond acceptors (Lipinski definition) is 1. The number of carbonyl (C=O) groups excluding carboxylic acids is 1. The Morgan fingerprint density at radius 1 is 1.05 bits per heavy atom. The molecule has 0 aliphatic carbocycles. The van der Waals surface area contributed by atoms with E-state index >= 15 is 0 Å². The minimum absolute atomic E-state index is 0.0242. The molecule has 0 saturated carbocycles. The van der Waals surface area contributed by atoms with Crippen LogP contribution in [0.4, 0.5) is 0 Å². The Morgan fingerprint density at radius 3 is 2.33 bits per heavy atom. The van der Waals surface area contributed by atoms with Gasteiger partial charge >= 0.3 is 0 Å². The van der Waals surface area contributed by atoms with Crippen LogP contribution in [0.5, 0.6) is 0 Å². The smallest absolute Gasteiger partial charge is 0.252 e. The Kier molecular flexibility index (Phi) is 4.84. The molecule has 0 spiro atoms. The summed E-state index contributed by atoms with van der Waals surface area (Å²) in [4.78, 5) is 12.4. The molecule has 0 aliphatic heterocycles. The van der Waals surface area contributed by atoms with E-state index in [9.17, 15) is 4.79 Å². The predicted molar refractivity (Wildman–Crippen MR) is 90.7 cm³/mol. The molecule has 1 atom stereocenters. The molecule has 2 rings (SSSR count). The third kappa shape index (κ3) is 3.53. The van der Waals surface area contributed by atoms with Gasteiger partial charge in [-0.15, -0.1) is 0 Å². The Morgan fingerprint density at radius 2 is 1.67 bits per heavy atom. The zero-order valence-electron chi connectivity index (χ0n) is 12.8. The standard InChI is InChI=1S/C18H20BrNO/c1-11-9-13(3)16(10-12(11)2)14(4)20-18(21)15-7-5-6-8-17(15)19/h5-10,14H,1-4H3,(H,20,21). The van der Waals surface area contributed by atoms with E-state index in [1.807, 2.05) is 31.2 Å². The summed E-state index contributed by atoms with van der Waals surface area (Å²) in [6.07, 6.45) is 0. The van der Waals surface area contributed by atoms with Crippen molar-refractivity contribution < 1.29 is 4.79 Å². The fourth-order valence-electron chi connectivity index (χ4n) is 2.45. The fraction of sp³-hybridized carbons (Fsp3) is 0.278. The first kappa shape index (κ1) is 15.8. The van der Waals surface area contributed by atoms with Gasteiger partial charge in [0.1, 0.15) is 0 Å². The van der Waals surface area contributed by atoms with Crippen LogP contribution in [0, 0.1) is 20.8 Å². The molecule has 0 aliphatic rings. The average Bonchev–Trinajstić information content (AvgIpc) is 2.43. The van der Waals surface area contributed by atoms with Crippen LogP contribution in [-0.2, 0) is 0 Å². The van der Waals surface area contributed by atoms with Crippen LogP contribution in [0.15, 0.2) is 40.9 Å². The number of benzene rings is 2. The van der Waals surface area contributed by atoms with Crippen LogP contribution in [0.3, 0.4) is 0 Å². The summed E-state index contributed by atoms with van der Waals surface area (Å²) in [5.74, 6) is -0.0624. The van der Waals surface area contributed by atoms with Crippen molar-refractivity contribution in [2.45, 2.75) is 33.7 Å². The summed E-state index contributed by atoms with van der Waals surface area (Å²) in [5.41, 5.74) is 5.56. The monoisotopic (exact) mass is 345 g/mol. The molecule has 2 aromatic rings. The van der Waals surface area contributed by atoms with Gasteiger partial charge in [0.2, 0.25) is 0 Å². The van der Waals surface area contributed by atoms with Crippen LogP contribution in [0.1, 0.15) is 45.6 Å². The van der Waals surface area contributed by atoms with E-state index < -0.39 is 0 Å². The van der Waals surface area contributed by atoms with Crippen LogP contribution in [0.25, 0.3) is 0 Å². The van der Waals surface area contributed by atoms with Gasteiger partial charge in [-0.1, -0.05) is 24.3 Å². The lowest BCUT2D eigenvalue weighted by molar-refractivity contribution is 0.0939. The molecular formula is C18H20BrNO. The number of carbonyl (C=O) groups is 1. The number of aryl methyl sites for hydroxylation is 3. The second kappa shape index (κ2) is 6.44. The molecule has 0 heterocycles. The first-order valence-corrected chi connectivity index (χ1v) is 7.82. The van der Waals surface area contributed by atoms with Gasteiger partial charge in [-0.2, -0.15) is 0 Å². The summed E-state index contributed by atoms with van der Waals surface area (Å²) in [6, 6.07) is 11.8. The number of nitrogens with one attached hydrogen (secondary N) is 1. The molecule has 21 heavy (non-hydrogen) atoms. The third-order valence-electron chi connectivity index (χ3n) is 3.81. The lowest BCUT2D eigenvalue weighted by atomic mass is 9.96. The van der Waals surface area contributed by atoms with E-state index in [0.717, 1.165) is 4.47 Å². The molecule has 0 bridgehead atoms. The molecule has 0 saturated heterocycles. The van der Waals surface area contributed by atoms with Gasteiger partial charge in [0.05, 0.1) is 11.6 Å². The minimum Gasteiger partial charge on any atom is -0.345 e. The van der Waals surface area contributed by atoms with Gasteiger partial charge in [0.15, 0.2) is 0 Å². The summed E-state index contributed by atoms with van der Waals surface area (Å²) in [7, 11) is 0. The second-order valence-corrected chi connectivity index (χ2v) is 6.32. The van der Waals surface area contributed by atoms with E-state index in [4.69, 9.17) is 0 Å². The third-order valence-corrected chi connectivity index (χ3v) is 4.51. The van der Waals surface area contributed by atoms with Crippen molar-refractivity contribution in [3.8, 4) is 0 Å². The number of halogens is 1. The van der Waals surface area contributed by atoms with Crippen molar-refractivity contribution in [2.75, 3.05) is 0 Å². The topological polar surface area (TPSA) is 29.1 Å². The quantitative estimate of drug-likeness (QED) is 0.844. The molecular weight excluding hydrogens is 326 g/mol. The highest BCUT2D eigenvalue weighted by atomic mass is 79.9. The van der Waals surface area contributed by atoms with E-state index in [-0.39, 0.29) is 11.9 Å². The summed E-state index contributed by atoms with van der Waals surface area (Å²) in [6.45, 7) is 8.31. The summed E-state index contributed by atoms with van der Waals surface area (Å²) >= 11 is 3.42. The highest BCUT2D eigenvalue weighted by Gasteiger charge is 2.15. The van der Waals surface area contributed by atoms with Crippen molar-refractivity contribution in [2.24, 2.45) is 0 Å². The molecule has 0 aromatic heterocycles. The van der Waals surface area contributed by atoms with Gasteiger partial charge in [-0.05, 0) is 78.0 Å². The van der Waals surface area contributed by atoms with E-state index in [2.05, 4.69) is 54.2 Å². The summed E-state index contributed by atoms with van der Waals surface area (Å²) < 4.78 is 0.812. The number of rotatable bonds is 3. The molecule has 1 unspecified atom stereocenters. The molecule has 1 amide bonds. The fourth-order valence-corrected chi connectivity index (χ4v) is 2.91. The molecule has 2 aromatic carbocycles. The number of hydrogen-bond donors (Lipinski definition) is 1. The highest BCUT2D eigenvalue weighted by molar-refractivity contribution is 9.10. The Hall–Kier alpha value is -1.61. The molecule has 1 N–H and O–H groups in total. The van der Waals surface area contributed by atoms with Gasteiger partial charge < -0.3 is 5.32 Å². The van der Waals surface area contributed by atoms with E-state index in [1.54, 1.807) is 0 Å². The average molecular weight is 346 g/mol. The van der Waals surface area contributed by atoms with Crippen molar-refractivity contribution in [3.05, 3.63) is 68.7 Å². The van der Waals surface area contributed by atoms with Crippen molar-refractivity contribution in [1.29, 1.82) is 0 Å². The lowest BCUT2D eigenvalue weighted by Crippen LogP contribution is -2.27. The minimum atomic E-state index is -0.0624. The van der Waals surface area contributed by atoms with E-state index in [1.165, 1.54) is 22.3 Å². The number of amides is 1. The van der Waals surface area contributed by atoms with Crippen molar-refractivity contribution in [3.63, 3.8) is 0 Å².